The lowest BCUT2D eigenvalue weighted by Crippen LogP contribution is -2.60. The molecule has 10 heteroatoms. The lowest BCUT2D eigenvalue weighted by molar-refractivity contribution is -0.265. The van der Waals surface area contributed by atoms with Crippen molar-refractivity contribution in [3.8, 4) is 5.75 Å². The summed E-state index contributed by atoms with van der Waals surface area (Å²) in [5, 5.41) is 0.688. The molecule has 0 bridgehead atoms. The van der Waals surface area contributed by atoms with Crippen molar-refractivity contribution < 1.29 is 32.1 Å². The van der Waals surface area contributed by atoms with E-state index in [1.165, 1.54) is 11.8 Å². The Morgan fingerprint density at radius 2 is 1.42 bits per heavy atom. The van der Waals surface area contributed by atoms with Crippen LogP contribution in [0.5, 0.6) is 5.75 Å². The minimum atomic E-state index is -4.53. The Hall–Kier alpha value is -3.05. The Morgan fingerprint density at radius 3 is 1.95 bits per heavy atom. The molecule has 0 amide bonds. The molecule has 5 rings (SSSR count). The average molecular weight is 615 g/mol. The number of rotatable bonds is 11. The second kappa shape index (κ2) is 14.2. The maximum absolute atomic E-state index is 14.9. The molecule has 0 radical (unpaired) electrons. The molecule has 230 valence electrons. The van der Waals surface area contributed by atoms with Crippen LogP contribution < -0.4 is 4.74 Å². The number of aryl methyl sites for hydroxylation is 1. The van der Waals surface area contributed by atoms with Gasteiger partial charge in [-0.1, -0.05) is 84.6 Å². The number of methoxy groups -OCH3 is 1. The van der Waals surface area contributed by atoms with Gasteiger partial charge in [0.1, 0.15) is 29.4 Å². The molecule has 43 heavy (non-hydrogen) atoms. The standard InChI is InChI=1S/C33H37F3N2O4S/c1-38(2)32-37-27-29(40-20-23-10-6-4-7-11-23)30(41-21-24-12-8-5-9-13-24)28(42-31(27)43-32)26(33(34,35)36)19-16-22-14-17-25(39-3)18-15-22/h4-15,17-18,26-31H,16,19-21H2,1-3H3/t26-,27+,28+,29+,30+,31+/m0/s1. The number of hydrogen-bond acceptors (Lipinski definition) is 7. The molecule has 6 nitrogen and oxygen atoms in total. The van der Waals surface area contributed by atoms with E-state index in [2.05, 4.69) is 0 Å². The topological polar surface area (TPSA) is 52.5 Å². The van der Waals surface area contributed by atoms with Gasteiger partial charge in [0.25, 0.3) is 0 Å². The summed E-state index contributed by atoms with van der Waals surface area (Å²) in [5.41, 5.74) is 1.92. The number of nitrogens with zero attached hydrogens (tertiary/aromatic N) is 2. The van der Waals surface area contributed by atoms with E-state index >= 15 is 0 Å². The smallest absolute Gasteiger partial charge is 0.394 e. The number of halogens is 3. The minimum Gasteiger partial charge on any atom is -0.497 e. The van der Waals surface area contributed by atoms with E-state index in [0.29, 0.717) is 10.9 Å². The van der Waals surface area contributed by atoms with Gasteiger partial charge in [-0.15, -0.1) is 0 Å². The second-order valence-corrected chi connectivity index (χ2v) is 12.0. The van der Waals surface area contributed by atoms with Gasteiger partial charge in [-0.05, 0) is 41.7 Å². The first-order valence-electron chi connectivity index (χ1n) is 14.3. The molecule has 1 saturated heterocycles. The van der Waals surface area contributed by atoms with Crippen LogP contribution in [0, 0.1) is 5.92 Å². The highest BCUT2D eigenvalue weighted by Crippen LogP contribution is 2.45. The van der Waals surface area contributed by atoms with Crippen LogP contribution in [0.25, 0.3) is 0 Å². The number of alkyl halides is 3. The van der Waals surface area contributed by atoms with Crippen LogP contribution in [-0.4, -0.2) is 67.2 Å². The zero-order valence-corrected chi connectivity index (χ0v) is 25.3. The SMILES string of the molecule is COc1ccc(CC[C@@H]([C@H]2O[C@@H]3SC(N(C)C)=N[C@@H]3[C@@H](OCc3ccccc3)[C@@H]2OCc2ccccc2)C(F)(F)F)cc1. The van der Waals surface area contributed by atoms with Gasteiger partial charge in [-0.25, -0.2) is 0 Å². The molecule has 0 spiro atoms. The molecule has 2 aliphatic heterocycles. The summed E-state index contributed by atoms with van der Waals surface area (Å²) in [6.45, 7) is 0.334. The molecular weight excluding hydrogens is 577 g/mol. The number of amidine groups is 1. The highest BCUT2D eigenvalue weighted by atomic mass is 32.2. The van der Waals surface area contributed by atoms with E-state index in [-0.39, 0.29) is 26.1 Å². The second-order valence-electron chi connectivity index (χ2n) is 10.9. The lowest BCUT2D eigenvalue weighted by Gasteiger charge is -2.45. The lowest BCUT2D eigenvalue weighted by atomic mass is 9.85. The summed E-state index contributed by atoms with van der Waals surface area (Å²) >= 11 is 1.33. The first-order chi connectivity index (χ1) is 20.7. The monoisotopic (exact) mass is 614 g/mol. The van der Waals surface area contributed by atoms with Gasteiger partial charge in [0.15, 0.2) is 5.17 Å². The number of hydrogen-bond donors (Lipinski definition) is 0. The highest BCUT2D eigenvalue weighted by Gasteiger charge is 2.57. The maximum atomic E-state index is 14.9. The minimum absolute atomic E-state index is 0.119. The van der Waals surface area contributed by atoms with E-state index in [9.17, 15) is 13.2 Å². The van der Waals surface area contributed by atoms with E-state index in [1.807, 2.05) is 79.7 Å². The van der Waals surface area contributed by atoms with Crippen LogP contribution in [0.4, 0.5) is 13.2 Å². The van der Waals surface area contributed by atoms with Crippen molar-refractivity contribution >= 4 is 16.9 Å². The number of thioether (sulfide) groups is 1. The van der Waals surface area contributed by atoms with Crippen molar-refractivity contribution in [2.45, 2.75) is 62.0 Å². The molecule has 3 aromatic carbocycles. The van der Waals surface area contributed by atoms with Gasteiger partial charge >= 0.3 is 6.18 Å². The molecule has 6 atom stereocenters. The van der Waals surface area contributed by atoms with Crippen molar-refractivity contribution in [1.29, 1.82) is 0 Å². The zero-order valence-electron chi connectivity index (χ0n) is 24.4. The molecular formula is C33H37F3N2O4S. The summed E-state index contributed by atoms with van der Waals surface area (Å²) in [6, 6.07) is 25.6. The molecule has 2 aliphatic rings. The third-order valence-corrected chi connectivity index (χ3v) is 9.01. The highest BCUT2D eigenvalue weighted by molar-refractivity contribution is 8.14. The van der Waals surface area contributed by atoms with Crippen LogP contribution in [0.15, 0.2) is 89.9 Å². The third kappa shape index (κ3) is 7.92. The van der Waals surface area contributed by atoms with Gasteiger partial charge in [0, 0.05) is 14.1 Å². The normalized spacial score (nSPS) is 24.2. The van der Waals surface area contributed by atoms with Crippen LogP contribution >= 0.6 is 11.8 Å². The van der Waals surface area contributed by atoms with Gasteiger partial charge in [0.2, 0.25) is 0 Å². The maximum Gasteiger partial charge on any atom is 0.394 e. The van der Waals surface area contributed by atoms with Crippen molar-refractivity contribution in [1.82, 2.24) is 4.90 Å². The number of benzene rings is 3. The molecule has 0 aromatic heterocycles. The quantitative estimate of drug-likeness (QED) is 0.239. The fourth-order valence-corrected chi connectivity index (χ4v) is 6.57. The molecule has 0 unspecified atom stereocenters. The average Bonchev–Trinajstić information content (AvgIpc) is 3.44. The van der Waals surface area contributed by atoms with E-state index in [1.54, 1.807) is 31.4 Å². The van der Waals surface area contributed by atoms with Crippen molar-refractivity contribution in [2.75, 3.05) is 21.2 Å². The van der Waals surface area contributed by atoms with Crippen LogP contribution in [0.2, 0.25) is 0 Å². The molecule has 1 fully saturated rings. The van der Waals surface area contributed by atoms with E-state index in [0.717, 1.165) is 16.7 Å². The zero-order chi connectivity index (χ0) is 30.4. The largest absolute Gasteiger partial charge is 0.497 e. The van der Waals surface area contributed by atoms with Gasteiger partial charge in [-0.3, -0.25) is 4.99 Å². The van der Waals surface area contributed by atoms with Crippen molar-refractivity contribution in [2.24, 2.45) is 10.9 Å². The molecule has 0 N–H and O–H groups in total. The fraction of sp³-hybridized carbons (Fsp3) is 0.424. The number of aliphatic imine (C=N–C) groups is 1. The van der Waals surface area contributed by atoms with Gasteiger partial charge < -0.3 is 23.8 Å². The third-order valence-electron chi connectivity index (χ3n) is 7.71. The first-order valence-corrected chi connectivity index (χ1v) is 15.2. The summed E-state index contributed by atoms with van der Waals surface area (Å²) in [7, 11) is 5.27. The fourth-order valence-electron chi connectivity index (χ4n) is 5.43. The van der Waals surface area contributed by atoms with E-state index < -0.39 is 41.9 Å². The molecule has 0 saturated carbocycles. The predicted molar refractivity (Wildman–Crippen MR) is 162 cm³/mol. The van der Waals surface area contributed by atoms with Crippen LogP contribution in [0.1, 0.15) is 23.1 Å². The molecule has 0 aliphatic carbocycles. The Morgan fingerprint density at radius 1 is 0.837 bits per heavy atom. The molecule has 3 aromatic rings. The van der Waals surface area contributed by atoms with Crippen molar-refractivity contribution in [3.05, 3.63) is 102 Å². The Labute approximate surface area is 255 Å². The Balaban J connectivity index is 1.47. The van der Waals surface area contributed by atoms with Gasteiger partial charge in [0.05, 0.1) is 32.3 Å². The summed E-state index contributed by atoms with van der Waals surface area (Å²) in [5.74, 6) is -1.14. The summed E-state index contributed by atoms with van der Waals surface area (Å²) < 4.78 is 69.3. The van der Waals surface area contributed by atoms with Crippen molar-refractivity contribution in [3.63, 3.8) is 0 Å². The van der Waals surface area contributed by atoms with Gasteiger partial charge in [-0.2, -0.15) is 13.2 Å². The summed E-state index contributed by atoms with van der Waals surface area (Å²) in [4.78, 5) is 6.70. The van der Waals surface area contributed by atoms with Crippen LogP contribution in [-0.2, 0) is 33.8 Å². The Bertz CT molecular complexity index is 1330. The molecule has 2 heterocycles. The first kappa shape index (κ1) is 31.4. The number of fused-ring (bicyclic) bond motifs is 1. The predicted octanol–water partition coefficient (Wildman–Crippen LogP) is 6.74. The summed E-state index contributed by atoms with van der Waals surface area (Å²) in [6.07, 6.45) is -7.55. The van der Waals surface area contributed by atoms with E-state index in [4.69, 9.17) is 23.9 Å². The number of ether oxygens (including phenoxy) is 4. The van der Waals surface area contributed by atoms with Crippen LogP contribution in [0.3, 0.4) is 0 Å². The Kier molecular flexibility index (Phi) is 10.3.